The van der Waals surface area contributed by atoms with E-state index in [1.807, 2.05) is 25.1 Å². The molecule has 7 heteroatoms. The minimum absolute atomic E-state index is 0.0723. The summed E-state index contributed by atoms with van der Waals surface area (Å²) in [6, 6.07) is 8.94. The number of carbonyl (C=O) groups excluding carboxylic acids is 1. The van der Waals surface area contributed by atoms with Crippen LogP contribution in [0.1, 0.15) is 18.0 Å². The van der Waals surface area contributed by atoms with Crippen LogP contribution in [-0.4, -0.2) is 22.7 Å². The number of amides is 1. The summed E-state index contributed by atoms with van der Waals surface area (Å²) < 4.78 is 5.31. The van der Waals surface area contributed by atoms with Crippen LogP contribution in [-0.2, 0) is 4.79 Å². The van der Waals surface area contributed by atoms with Crippen molar-refractivity contribution in [1.82, 2.24) is 10.2 Å². The zero-order valence-corrected chi connectivity index (χ0v) is 11.2. The van der Waals surface area contributed by atoms with Crippen LogP contribution in [0.4, 0.5) is 5.13 Å². The third-order valence-electron chi connectivity index (χ3n) is 2.19. The van der Waals surface area contributed by atoms with E-state index in [1.54, 1.807) is 12.1 Å². The van der Waals surface area contributed by atoms with Gasteiger partial charge in [-0.05, 0) is 19.1 Å². The molecular formula is C12H14N4O2S. The van der Waals surface area contributed by atoms with Crippen molar-refractivity contribution in [2.45, 2.75) is 13.0 Å². The molecule has 6 nitrogen and oxygen atoms in total. The van der Waals surface area contributed by atoms with Gasteiger partial charge >= 0.3 is 0 Å². The van der Waals surface area contributed by atoms with Crippen molar-refractivity contribution < 1.29 is 9.53 Å². The van der Waals surface area contributed by atoms with Crippen molar-refractivity contribution in [3.63, 3.8) is 0 Å². The van der Waals surface area contributed by atoms with Crippen LogP contribution in [0.15, 0.2) is 30.3 Å². The molecule has 2 rings (SSSR count). The van der Waals surface area contributed by atoms with Crippen molar-refractivity contribution >= 4 is 22.4 Å². The highest BCUT2D eigenvalue weighted by molar-refractivity contribution is 7.15. The lowest BCUT2D eigenvalue weighted by atomic mass is 10.3. The lowest BCUT2D eigenvalue weighted by Crippen LogP contribution is -2.20. The van der Waals surface area contributed by atoms with Crippen LogP contribution in [0.2, 0.25) is 0 Å². The highest BCUT2D eigenvalue weighted by atomic mass is 32.1. The summed E-state index contributed by atoms with van der Waals surface area (Å²) >= 11 is 1.26. The molecule has 0 spiro atoms. The summed E-state index contributed by atoms with van der Waals surface area (Å²) in [7, 11) is 0. The monoisotopic (exact) mass is 278 g/mol. The highest BCUT2D eigenvalue weighted by Gasteiger charge is 2.10. The zero-order chi connectivity index (χ0) is 13.7. The number of nitrogens with one attached hydrogen (secondary N) is 1. The number of rotatable bonds is 5. The lowest BCUT2D eigenvalue weighted by Gasteiger charge is -2.04. The molecule has 1 unspecified atom stereocenters. The molecule has 0 bridgehead atoms. The predicted molar refractivity (Wildman–Crippen MR) is 73.1 cm³/mol. The van der Waals surface area contributed by atoms with E-state index in [-0.39, 0.29) is 18.6 Å². The fourth-order valence-electron chi connectivity index (χ4n) is 1.29. The molecule has 1 heterocycles. The normalized spacial score (nSPS) is 11.9. The van der Waals surface area contributed by atoms with Crippen LogP contribution < -0.4 is 15.8 Å². The van der Waals surface area contributed by atoms with Gasteiger partial charge in [0.2, 0.25) is 5.13 Å². The van der Waals surface area contributed by atoms with Crippen LogP contribution in [0.25, 0.3) is 0 Å². The first-order chi connectivity index (χ1) is 9.15. The summed E-state index contributed by atoms with van der Waals surface area (Å²) in [6.45, 7) is 1.74. The Morgan fingerprint density at radius 1 is 1.42 bits per heavy atom. The molecule has 1 aromatic heterocycles. The number of nitrogens with two attached hydrogens (primary N) is 1. The number of ether oxygens (including phenoxy) is 1. The zero-order valence-electron chi connectivity index (χ0n) is 10.4. The number of nitrogens with zero attached hydrogens (tertiary/aromatic N) is 2. The van der Waals surface area contributed by atoms with Gasteiger partial charge in [-0.15, -0.1) is 10.2 Å². The Hall–Kier alpha value is -1.99. The first-order valence-corrected chi connectivity index (χ1v) is 6.53. The smallest absolute Gasteiger partial charge is 0.264 e. The van der Waals surface area contributed by atoms with Gasteiger partial charge in [-0.25, -0.2) is 0 Å². The SMILES string of the molecule is CC(N)c1nnc(NC(=O)COc2ccccc2)s1. The summed E-state index contributed by atoms with van der Waals surface area (Å²) in [5.41, 5.74) is 5.66. The van der Waals surface area contributed by atoms with Crippen molar-refractivity contribution in [3.05, 3.63) is 35.3 Å². The van der Waals surface area contributed by atoms with Crippen LogP contribution >= 0.6 is 11.3 Å². The van der Waals surface area contributed by atoms with Gasteiger partial charge in [-0.3, -0.25) is 10.1 Å². The molecule has 3 N–H and O–H groups in total. The molecule has 0 aliphatic heterocycles. The summed E-state index contributed by atoms with van der Waals surface area (Å²) in [4.78, 5) is 11.6. The fraction of sp³-hybridized carbons (Fsp3) is 0.250. The van der Waals surface area contributed by atoms with E-state index in [9.17, 15) is 4.79 Å². The first kappa shape index (κ1) is 13.4. The van der Waals surface area contributed by atoms with Crippen molar-refractivity contribution in [1.29, 1.82) is 0 Å². The van der Waals surface area contributed by atoms with E-state index in [4.69, 9.17) is 10.5 Å². The van der Waals surface area contributed by atoms with Crippen LogP contribution in [0, 0.1) is 0 Å². The van der Waals surface area contributed by atoms with E-state index in [2.05, 4.69) is 15.5 Å². The fourth-order valence-corrected chi connectivity index (χ4v) is 2.00. The molecule has 0 saturated carbocycles. The molecule has 0 aliphatic carbocycles. The second-order valence-electron chi connectivity index (χ2n) is 3.88. The molecule has 100 valence electrons. The molecular weight excluding hydrogens is 264 g/mol. The molecule has 0 radical (unpaired) electrons. The number of para-hydroxylation sites is 1. The van der Waals surface area contributed by atoms with Gasteiger partial charge in [0.15, 0.2) is 6.61 Å². The van der Waals surface area contributed by atoms with E-state index >= 15 is 0 Å². The van der Waals surface area contributed by atoms with Gasteiger partial charge in [0.1, 0.15) is 10.8 Å². The Labute approximate surface area is 114 Å². The van der Waals surface area contributed by atoms with Crippen molar-refractivity contribution in [3.8, 4) is 5.75 Å². The standard InChI is InChI=1S/C12H14N4O2S/c1-8(13)11-15-16-12(19-11)14-10(17)7-18-9-5-3-2-4-6-9/h2-6,8H,7,13H2,1H3,(H,14,16,17). The average Bonchev–Trinajstić information content (AvgIpc) is 2.86. The maximum Gasteiger partial charge on any atom is 0.264 e. The minimum atomic E-state index is -0.281. The number of carbonyl (C=O) groups is 1. The maximum atomic E-state index is 11.6. The van der Waals surface area contributed by atoms with Crippen LogP contribution in [0.5, 0.6) is 5.75 Å². The first-order valence-electron chi connectivity index (χ1n) is 5.72. The van der Waals surface area contributed by atoms with Gasteiger partial charge in [0.05, 0.1) is 6.04 Å². The third kappa shape index (κ3) is 4.01. The Morgan fingerprint density at radius 2 is 2.16 bits per heavy atom. The van der Waals surface area contributed by atoms with Gasteiger partial charge < -0.3 is 10.5 Å². The van der Waals surface area contributed by atoms with Gasteiger partial charge in [-0.1, -0.05) is 29.5 Å². The van der Waals surface area contributed by atoms with E-state index in [1.165, 1.54) is 11.3 Å². The van der Waals surface area contributed by atoms with Gasteiger partial charge in [-0.2, -0.15) is 0 Å². The Balaban J connectivity index is 1.84. The molecule has 1 atom stereocenters. The topological polar surface area (TPSA) is 90.1 Å². The predicted octanol–water partition coefficient (Wildman–Crippen LogP) is 1.58. The number of hydrogen-bond donors (Lipinski definition) is 2. The third-order valence-corrected chi connectivity index (χ3v) is 3.23. The molecule has 19 heavy (non-hydrogen) atoms. The lowest BCUT2D eigenvalue weighted by molar-refractivity contribution is -0.118. The maximum absolute atomic E-state index is 11.6. The highest BCUT2D eigenvalue weighted by Crippen LogP contribution is 2.19. The van der Waals surface area contributed by atoms with E-state index < -0.39 is 0 Å². The second kappa shape index (κ2) is 6.26. The molecule has 1 amide bonds. The molecule has 1 aromatic carbocycles. The van der Waals surface area contributed by atoms with E-state index in [0.717, 1.165) is 0 Å². The van der Waals surface area contributed by atoms with Gasteiger partial charge in [0.25, 0.3) is 5.91 Å². The Bertz CT molecular complexity index is 542. The minimum Gasteiger partial charge on any atom is -0.484 e. The quantitative estimate of drug-likeness (QED) is 0.866. The Morgan fingerprint density at radius 3 is 2.79 bits per heavy atom. The molecule has 0 fully saturated rings. The van der Waals surface area contributed by atoms with Crippen LogP contribution in [0.3, 0.4) is 0 Å². The summed E-state index contributed by atoms with van der Waals surface area (Å²) in [5, 5.41) is 11.4. The largest absolute Gasteiger partial charge is 0.484 e. The van der Waals surface area contributed by atoms with E-state index in [0.29, 0.717) is 15.9 Å². The van der Waals surface area contributed by atoms with Crippen molar-refractivity contribution in [2.24, 2.45) is 5.73 Å². The average molecular weight is 278 g/mol. The number of anilines is 1. The molecule has 2 aromatic rings. The number of benzene rings is 1. The number of aromatic nitrogens is 2. The summed E-state index contributed by atoms with van der Waals surface area (Å²) in [5.74, 6) is 0.363. The molecule has 0 aliphatic rings. The number of hydrogen-bond acceptors (Lipinski definition) is 6. The second-order valence-corrected chi connectivity index (χ2v) is 4.89. The summed E-state index contributed by atoms with van der Waals surface area (Å²) in [6.07, 6.45) is 0. The van der Waals surface area contributed by atoms with Crippen molar-refractivity contribution in [2.75, 3.05) is 11.9 Å². The molecule has 0 saturated heterocycles. The van der Waals surface area contributed by atoms with Gasteiger partial charge in [0, 0.05) is 0 Å². The Kier molecular flexibility index (Phi) is 4.43.